The van der Waals surface area contributed by atoms with E-state index in [4.69, 9.17) is 10.5 Å². The van der Waals surface area contributed by atoms with Crippen LogP contribution in [-0.4, -0.2) is 27.9 Å². The Balaban J connectivity index is 1.64. The highest BCUT2D eigenvalue weighted by Gasteiger charge is 2.22. The standard InChI is InChI=1S/C16H22N4O/c1-21-15-8-2-12(3-9-15)10-20-11-18-16(19-20)13-4-6-14(17)7-5-13/h2-3,8-9,11,13-14H,4-7,10,17H2,1H3. The first-order valence-corrected chi connectivity index (χ1v) is 7.52. The van der Waals surface area contributed by atoms with Crippen molar-refractivity contribution in [3.05, 3.63) is 42.0 Å². The summed E-state index contributed by atoms with van der Waals surface area (Å²) in [6.07, 6.45) is 6.20. The highest BCUT2D eigenvalue weighted by Crippen LogP contribution is 2.29. The Morgan fingerprint density at radius 3 is 2.57 bits per heavy atom. The molecule has 1 aromatic heterocycles. The van der Waals surface area contributed by atoms with E-state index in [0.717, 1.165) is 43.8 Å². The molecule has 1 heterocycles. The van der Waals surface area contributed by atoms with Crippen LogP contribution in [0.3, 0.4) is 0 Å². The van der Waals surface area contributed by atoms with Gasteiger partial charge in [0, 0.05) is 12.0 Å². The number of benzene rings is 1. The summed E-state index contributed by atoms with van der Waals surface area (Å²) in [6, 6.07) is 8.41. The molecule has 0 bridgehead atoms. The van der Waals surface area contributed by atoms with Crippen molar-refractivity contribution in [2.75, 3.05) is 7.11 Å². The van der Waals surface area contributed by atoms with Crippen molar-refractivity contribution in [2.24, 2.45) is 5.73 Å². The molecule has 1 aromatic carbocycles. The van der Waals surface area contributed by atoms with Gasteiger partial charge >= 0.3 is 0 Å². The largest absolute Gasteiger partial charge is 0.497 e. The predicted molar refractivity (Wildman–Crippen MR) is 81.3 cm³/mol. The van der Waals surface area contributed by atoms with Gasteiger partial charge in [0.15, 0.2) is 5.82 Å². The highest BCUT2D eigenvalue weighted by atomic mass is 16.5. The fourth-order valence-electron chi connectivity index (χ4n) is 2.87. The first kappa shape index (κ1) is 14.1. The van der Waals surface area contributed by atoms with Crippen LogP contribution in [0.25, 0.3) is 0 Å². The summed E-state index contributed by atoms with van der Waals surface area (Å²) in [5.74, 6) is 2.31. The fraction of sp³-hybridized carbons (Fsp3) is 0.500. The fourth-order valence-corrected chi connectivity index (χ4v) is 2.87. The molecule has 2 N–H and O–H groups in total. The molecule has 1 aliphatic rings. The number of hydrogen-bond donors (Lipinski definition) is 1. The minimum absolute atomic E-state index is 0.364. The van der Waals surface area contributed by atoms with Crippen molar-refractivity contribution in [3.8, 4) is 5.75 Å². The first-order chi connectivity index (χ1) is 10.2. The van der Waals surface area contributed by atoms with Crippen LogP contribution >= 0.6 is 0 Å². The molecular formula is C16H22N4O. The molecule has 2 aromatic rings. The third-order valence-electron chi connectivity index (χ3n) is 4.19. The van der Waals surface area contributed by atoms with Crippen LogP contribution in [0.5, 0.6) is 5.75 Å². The van der Waals surface area contributed by atoms with Gasteiger partial charge in [-0.25, -0.2) is 9.67 Å². The molecule has 5 nitrogen and oxygen atoms in total. The van der Waals surface area contributed by atoms with Gasteiger partial charge in [0.05, 0.1) is 13.7 Å². The summed E-state index contributed by atoms with van der Waals surface area (Å²) in [6.45, 7) is 0.739. The molecule has 1 aliphatic carbocycles. The lowest BCUT2D eigenvalue weighted by molar-refractivity contribution is 0.383. The smallest absolute Gasteiger partial charge is 0.153 e. The summed E-state index contributed by atoms with van der Waals surface area (Å²) in [5, 5.41) is 4.63. The Bertz CT molecular complexity index is 570. The zero-order chi connectivity index (χ0) is 14.7. The molecule has 5 heteroatoms. The van der Waals surface area contributed by atoms with Crippen LogP contribution in [0, 0.1) is 0 Å². The average Bonchev–Trinajstić information content (AvgIpc) is 2.97. The van der Waals surface area contributed by atoms with E-state index < -0.39 is 0 Å². The summed E-state index contributed by atoms with van der Waals surface area (Å²) in [5.41, 5.74) is 7.14. The zero-order valence-electron chi connectivity index (χ0n) is 12.4. The van der Waals surface area contributed by atoms with Gasteiger partial charge in [-0.2, -0.15) is 5.10 Å². The Kier molecular flexibility index (Phi) is 4.20. The van der Waals surface area contributed by atoms with Gasteiger partial charge in [0.25, 0.3) is 0 Å². The maximum atomic E-state index is 5.95. The summed E-state index contributed by atoms with van der Waals surface area (Å²) >= 11 is 0. The van der Waals surface area contributed by atoms with E-state index in [1.807, 2.05) is 23.1 Å². The van der Waals surface area contributed by atoms with Crippen LogP contribution < -0.4 is 10.5 Å². The second kappa shape index (κ2) is 6.26. The molecule has 0 saturated heterocycles. The van der Waals surface area contributed by atoms with E-state index in [2.05, 4.69) is 22.2 Å². The van der Waals surface area contributed by atoms with Crippen LogP contribution in [-0.2, 0) is 6.54 Å². The lowest BCUT2D eigenvalue weighted by Crippen LogP contribution is -2.26. The van der Waals surface area contributed by atoms with Gasteiger partial charge in [-0.1, -0.05) is 12.1 Å². The molecule has 21 heavy (non-hydrogen) atoms. The Morgan fingerprint density at radius 1 is 1.19 bits per heavy atom. The van der Waals surface area contributed by atoms with E-state index in [9.17, 15) is 0 Å². The number of aromatic nitrogens is 3. The number of nitrogens with two attached hydrogens (primary N) is 1. The summed E-state index contributed by atoms with van der Waals surface area (Å²) < 4.78 is 7.07. The zero-order valence-corrected chi connectivity index (χ0v) is 12.4. The van der Waals surface area contributed by atoms with Crippen molar-refractivity contribution < 1.29 is 4.74 Å². The summed E-state index contributed by atoms with van der Waals surface area (Å²) in [7, 11) is 1.68. The third-order valence-corrected chi connectivity index (χ3v) is 4.19. The number of hydrogen-bond acceptors (Lipinski definition) is 4. The topological polar surface area (TPSA) is 66.0 Å². The molecule has 1 saturated carbocycles. The predicted octanol–water partition coefficient (Wildman–Crippen LogP) is 2.32. The maximum absolute atomic E-state index is 5.95. The van der Waals surface area contributed by atoms with E-state index >= 15 is 0 Å². The third kappa shape index (κ3) is 3.42. The molecule has 0 radical (unpaired) electrons. The summed E-state index contributed by atoms with van der Waals surface area (Å²) in [4.78, 5) is 4.48. The molecule has 112 valence electrons. The van der Waals surface area contributed by atoms with Crippen molar-refractivity contribution in [3.63, 3.8) is 0 Å². The minimum atomic E-state index is 0.364. The lowest BCUT2D eigenvalue weighted by Gasteiger charge is -2.23. The molecule has 0 spiro atoms. The Labute approximate surface area is 125 Å². The molecule has 0 unspecified atom stereocenters. The van der Waals surface area contributed by atoms with E-state index in [0.29, 0.717) is 12.0 Å². The normalized spacial score (nSPS) is 22.2. The van der Waals surface area contributed by atoms with Gasteiger partial charge in [0.2, 0.25) is 0 Å². The van der Waals surface area contributed by atoms with Crippen molar-refractivity contribution in [1.29, 1.82) is 0 Å². The van der Waals surface area contributed by atoms with Crippen LogP contribution in [0.1, 0.15) is 43.0 Å². The van der Waals surface area contributed by atoms with Crippen LogP contribution in [0.15, 0.2) is 30.6 Å². The van der Waals surface area contributed by atoms with Crippen LogP contribution in [0.4, 0.5) is 0 Å². The number of methoxy groups -OCH3 is 1. The van der Waals surface area contributed by atoms with Gasteiger partial charge < -0.3 is 10.5 Å². The van der Waals surface area contributed by atoms with E-state index in [-0.39, 0.29) is 0 Å². The first-order valence-electron chi connectivity index (χ1n) is 7.52. The number of nitrogens with zero attached hydrogens (tertiary/aromatic N) is 3. The van der Waals surface area contributed by atoms with Crippen molar-refractivity contribution in [1.82, 2.24) is 14.8 Å². The Morgan fingerprint density at radius 2 is 1.90 bits per heavy atom. The SMILES string of the molecule is COc1ccc(Cn2cnc(C3CCC(N)CC3)n2)cc1. The quantitative estimate of drug-likeness (QED) is 0.936. The molecule has 3 rings (SSSR count). The van der Waals surface area contributed by atoms with Gasteiger partial charge in [-0.3, -0.25) is 0 Å². The molecule has 0 aliphatic heterocycles. The van der Waals surface area contributed by atoms with E-state index in [1.165, 1.54) is 5.56 Å². The average molecular weight is 286 g/mol. The minimum Gasteiger partial charge on any atom is -0.497 e. The monoisotopic (exact) mass is 286 g/mol. The molecule has 0 atom stereocenters. The van der Waals surface area contributed by atoms with Gasteiger partial charge in [0.1, 0.15) is 12.1 Å². The molecular weight excluding hydrogens is 264 g/mol. The Hall–Kier alpha value is -1.88. The number of rotatable bonds is 4. The second-order valence-corrected chi connectivity index (χ2v) is 5.76. The second-order valence-electron chi connectivity index (χ2n) is 5.76. The van der Waals surface area contributed by atoms with Crippen molar-refractivity contribution in [2.45, 2.75) is 44.2 Å². The van der Waals surface area contributed by atoms with Gasteiger partial charge in [-0.05, 0) is 43.4 Å². The van der Waals surface area contributed by atoms with Crippen molar-refractivity contribution >= 4 is 0 Å². The maximum Gasteiger partial charge on any atom is 0.153 e. The molecule has 1 fully saturated rings. The number of ether oxygens (including phenoxy) is 1. The lowest BCUT2D eigenvalue weighted by atomic mass is 9.86. The van der Waals surface area contributed by atoms with Gasteiger partial charge in [-0.15, -0.1) is 0 Å². The highest BCUT2D eigenvalue weighted by molar-refractivity contribution is 5.27. The van der Waals surface area contributed by atoms with E-state index in [1.54, 1.807) is 7.11 Å². The molecule has 0 amide bonds. The van der Waals surface area contributed by atoms with Crippen LogP contribution in [0.2, 0.25) is 0 Å².